The van der Waals surface area contributed by atoms with Gasteiger partial charge in [0.15, 0.2) is 0 Å². The topological polar surface area (TPSA) is 59.1 Å². The molecule has 0 radical (unpaired) electrons. The highest BCUT2D eigenvalue weighted by atomic mass is 16.5. The fourth-order valence-electron chi connectivity index (χ4n) is 2.23. The number of ether oxygens (including phenoxy) is 1. The van der Waals surface area contributed by atoms with Gasteiger partial charge in [0.25, 0.3) is 0 Å². The molecule has 1 saturated carbocycles. The molecule has 2 rings (SSSR count). The third kappa shape index (κ3) is 4.14. The molecule has 100 valence electrons. The normalized spacial score (nSPS) is 16.5. The molecule has 0 aliphatic heterocycles. The predicted octanol–water partition coefficient (Wildman–Crippen LogP) is 2.28. The van der Waals surface area contributed by atoms with Crippen molar-refractivity contribution >= 4 is 11.6 Å². The van der Waals surface area contributed by atoms with Crippen molar-refractivity contribution in [3.8, 4) is 0 Å². The van der Waals surface area contributed by atoms with Crippen LogP contribution in [0.2, 0.25) is 0 Å². The van der Waals surface area contributed by atoms with E-state index in [0.29, 0.717) is 6.10 Å². The second-order valence-electron chi connectivity index (χ2n) is 4.60. The van der Waals surface area contributed by atoms with Gasteiger partial charge >= 0.3 is 0 Å². The van der Waals surface area contributed by atoms with Crippen LogP contribution in [0.15, 0.2) is 12.4 Å². The predicted molar refractivity (Wildman–Crippen MR) is 72.9 cm³/mol. The molecule has 2 N–H and O–H groups in total. The molecule has 0 aromatic carbocycles. The number of nitrogens with one attached hydrogen (secondary N) is 2. The number of rotatable bonds is 6. The van der Waals surface area contributed by atoms with Gasteiger partial charge in [0.1, 0.15) is 18.0 Å². The molecule has 0 spiro atoms. The van der Waals surface area contributed by atoms with Crippen LogP contribution in [0, 0.1) is 0 Å². The summed E-state index contributed by atoms with van der Waals surface area (Å²) < 4.78 is 5.84. The van der Waals surface area contributed by atoms with Gasteiger partial charge in [-0.15, -0.1) is 0 Å². The molecular formula is C13H22N4O. The van der Waals surface area contributed by atoms with Crippen LogP contribution in [0.3, 0.4) is 0 Å². The lowest BCUT2D eigenvalue weighted by molar-refractivity contribution is 0.0347. The molecule has 0 atom stereocenters. The maximum atomic E-state index is 5.84. The van der Waals surface area contributed by atoms with Crippen molar-refractivity contribution in [2.24, 2.45) is 0 Å². The average molecular weight is 250 g/mol. The molecule has 0 amide bonds. The molecule has 5 nitrogen and oxygen atoms in total. The zero-order valence-corrected chi connectivity index (χ0v) is 11.0. The maximum absolute atomic E-state index is 5.84. The Bertz CT molecular complexity index is 353. The summed E-state index contributed by atoms with van der Waals surface area (Å²) in [6, 6.07) is 1.89. The summed E-state index contributed by atoms with van der Waals surface area (Å²) in [5.41, 5.74) is 0. The van der Waals surface area contributed by atoms with Crippen molar-refractivity contribution in [3.05, 3.63) is 12.4 Å². The quantitative estimate of drug-likeness (QED) is 0.759. The first-order valence-corrected chi connectivity index (χ1v) is 6.74. The standard InChI is InChI=1S/C13H22N4O/c1-14-12-9-13(17-10-16-12)15-7-8-18-11-5-3-2-4-6-11/h9-11H,2-8H2,1H3,(H2,14,15,16,17). The fraction of sp³-hybridized carbons (Fsp3) is 0.692. The van der Waals surface area contributed by atoms with Crippen molar-refractivity contribution in [1.82, 2.24) is 9.97 Å². The summed E-state index contributed by atoms with van der Waals surface area (Å²) in [5.74, 6) is 1.65. The smallest absolute Gasteiger partial charge is 0.131 e. The second-order valence-corrected chi connectivity index (χ2v) is 4.60. The van der Waals surface area contributed by atoms with Gasteiger partial charge in [-0.2, -0.15) is 0 Å². The lowest BCUT2D eigenvalue weighted by Gasteiger charge is -2.22. The van der Waals surface area contributed by atoms with Crippen LogP contribution in [0.5, 0.6) is 0 Å². The number of hydrogen-bond acceptors (Lipinski definition) is 5. The van der Waals surface area contributed by atoms with Crippen molar-refractivity contribution < 1.29 is 4.74 Å². The first kappa shape index (κ1) is 13.1. The summed E-state index contributed by atoms with van der Waals surface area (Å²) >= 11 is 0. The molecule has 1 aliphatic rings. The van der Waals surface area contributed by atoms with Crippen molar-refractivity contribution in [1.29, 1.82) is 0 Å². The molecule has 1 fully saturated rings. The largest absolute Gasteiger partial charge is 0.376 e. The zero-order valence-electron chi connectivity index (χ0n) is 11.0. The second kappa shape index (κ2) is 7.16. The number of anilines is 2. The van der Waals surface area contributed by atoms with Gasteiger partial charge in [-0.3, -0.25) is 0 Å². The summed E-state index contributed by atoms with van der Waals surface area (Å²) in [6.45, 7) is 1.53. The Kier molecular flexibility index (Phi) is 5.20. The summed E-state index contributed by atoms with van der Waals surface area (Å²) in [5, 5.41) is 6.23. The van der Waals surface area contributed by atoms with E-state index in [2.05, 4.69) is 20.6 Å². The average Bonchev–Trinajstić information content (AvgIpc) is 2.45. The molecule has 0 saturated heterocycles. The van der Waals surface area contributed by atoms with E-state index in [4.69, 9.17) is 4.74 Å². The van der Waals surface area contributed by atoms with E-state index >= 15 is 0 Å². The van der Waals surface area contributed by atoms with Gasteiger partial charge < -0.3 is 15.4 Å². The molecule has 1 aromatic rings. The molecule has 18 heavy (non-hydrogen) atoms. The Balaban J connectivity index is 1.65. The van der Waals surface area contributed by atoms with E-state index in [0.717, 1.165) is 24.8 Å². The number of hydrogen-bond donors (Lipinski definition) is 2. The van der Waals surface area contributed by atoms with Crippen LogP contribution < -0.4 is 10.6 Å². The van der Waals surface area contributed by atoms with Gasteiger partial charge in [0.05, 0.1) is 12.7 Å². The Morgan fingerprint density at radius 2 is 2.00 bits per heavy atom. The monoisotopic (exact) mass is 250 g/mol. The summed E-state index contributed by atoms with van der Waals surface area (Å²) in [6.07, 6.45) is 8.46. The zero-order chi connectivity index (χ0) is 12.6. The van der Waals surface area contributed by atoms with Gasteiger partial charge in [-0.1, -0.05) is 19.3 Å². The van der Waals surface area contributed by atoms with Crippen molar-refractivity contribution in [2.45, 2.75) is 38.2 Å². The Labute approximate surface area is 108 Å². The summed E-state index contributed by atoms with van der Waals surface area (Å²) in [4.78, 5) is 8.22. The van der Waals surface area contributed by atoms with E-state index in [9.17, 15) is 0 Å². The molecule has 0 unspecified atom stereocenters. The summed E-state index contributed by atoms with van der Waals surface area (Å²) in [7, 11) is 1.85. The lowest BCUT2D eigenvalue weighted by Crippen LogP contribution is -2.20. The third-order valence-corrected chi connectivity index (χ3v) is 3.24. The van der Waals surface area contributed by atoms with E-state index in [1.807, 2.05) is 13.1 Å². The van der Waals surface area contributed by atoms with Crippen molar-refractivity contribution in [2.75, 3.05) is 30.8 Å². The molecular weight excluding hydrogens is 228 g/mol. The molecule has 1 aromatic heterocycles. The highest BCUT2D eigenvalue weighted by Gasteiger charge is 2.12. The minimum Gasteiger partial charge on any atom is -0.376 e. The highest BCUT2D eigenvalue weighted by Crippen LogP contribution is 2.20. The lowest BCUT2D eigenvalue weighted by atomic mass is 9.98. The van der Waals surface area contributed by atoms with Gasteiger partial charge in [0, 0.05) is 19.7 Å². The highest BCUT2D eigenvalue weighted by molar-refractivity contribution is 5.45. The van der Waals surface area contributed by atoms with Gasteiger partial charge in [-0.05, 0) is 12.8 Å². The molecule has 5 heteroatoms. The van der Waals surface area contributed by atoms with Crippen molar-refractivity contribution in [3.63, 3.8) is 0 Å². The third-order valence-electron chi connectivity index (χ3n) is 3.24. The van der Waals surface area contributed by atoms with Crippen LogP contribution in [0.25, 0.3) is 0 Å². The SMILES string of the molecule is CNc1cc(NCCOC2CCCCC2)ncn1. The Morgan fingerprint density at radius 1 is 1.22 bits per heavy atom. The minimum absolute atomic E-state index is 0.471. The van der Waals surface area contributed by atoms with E-state index in [-0.39, 0.29) is 0 Å². The first-order chi connectivity index (χ1) is 8.88. The Hall–Kier alpha value is -1.36. The van der Waals surface area contributed by atoms with Crippen LogP contribution in [0.1, 0.15) is 32.1 Å². The molecule has 1 heterocycles. The van der Waals surface area contributed by atoms with E-state index in [1.165, 1.54) is 32.1 Å². The van der Waals surface area contributed by atoms with E-state index in [1.54, 1.807) is 6.33 Å². The van der Waals surface area contributed by atoms with Crippen LogP contribution >= 0.6 is 0 Å². The fourth-order valence-corrected chi connectivity index (χ4v) is 2.23. The minimum atomic E-state index is 0.471. The van der Waals surface area contributed by atoms with Crippen LogP contribution in [-0.2, 0) is 4.74 Å². The van der Waals surface area contributed by atoms with Crippen LogP contribution in [-0.4, -0.2) is 36.3 Å². The van der Waals surface area contributed by atoms with Gasteiger partial charge in [0.2, 0.25) is 0 Å². The van der Waals surface area contributed by atoms with Crippen LogP contribution in [0.4, 0.5) is 11.6 Å². The number of aromatic nitrogens is 2. The molecule has 0 bridgehead atoms. The van der Waals surface area contributed by atoms with Gasteiger partial charge in [-0.25, -0.2) is 9.97 Å². The molecule has 1 aliphatic carbocycles. The Morgan fingerprint density at radius 3 is 2.78 bits per heavy atom. The maximum Gasteiger partial charge on any atom is 0.131 e. The first-order valence-electron chi connectivity index (χ1n) is 6.74. The van der Waals surface area contributed by atoms with E-state index < -0.39 is 0 Å². The number of nitrogens with zero attached hydrogens (tertiary/aromatic N) is 2.